The highest BCUT2D eigenvalue weighted by Crippen LogP contribution is 2.28. The summed E-state index contributed by atoms with van der Waals surface area (Å²) in [6.45, 7) is 5.89. The van der Waals surface area contributed by atoms with Crippen LogP contribution >= 0.6 is 0 Å². The number of anilines is 1. The minimum atomic E-state index is -3.00. The highest BCUT2D eigenvalue weighted by atomic mass is 32.2. The largest absolute Gasteiger partial charge is 0.409 e. The van der Waals surface area contributed by atoms with Crippen LogP contribution in [0, 0.1) is 13.8 Å². The van der Waals surface area contributed by atoms with Gasteiger partial charge in [0.1, 0.15) is 0 Å². The molecule has 2 heterocycles. The number of aromatic nitrogens is 1. The number of aryl methyl sites for hydroxylation is 2. The molecule has 8 heteroatoms. The molecular formula is C13H20N4O3S. The first-order chi connectivity index (χ1) is 9.75. The van der Waals surface area contributed by atoms with Crippen molar-refractivity contribution < 1.29 is 13.6 Å². The fourth-order valence-electron chi connectivity index (χ4n) is 2.76. The summed E-state index contributed by atoms with van der Waals surface area (Å²) in [5.41, 5.74) is 8.54. The molecule has 116 valence electrons. The van der Waals surface area contributed by atoms with Crippen LogP contribution in [-0.2, 0) is 9.84 Å². The molecule has 1 saturated heterocycles. The number of hydrogen-bond donors (Lipinski definition) is 2. The van der Waals surface area contributed by atoms with Crippen molar-refractivity contribution in [2.45, 2.75) is 26.8 Å². The van der Waals surface area contributed by atoms with Gasteiger partial charge in [-0.1, -0.05) is 5.16 Å². The fourth-order valence-corrected chi connectivity index (χ4v) is 4.31. The summed E-state index contributed by atoms with van der Waals surface area (Å²) in [6.07, 6.45) is 0. The van der Waals surface area contributed by atoms with Gasteiger partial charge in [0.25, 0.3) is 0 Å². The van der Waals surface area contributed by atoms with E-state index in [-0.39, 0.29) is 23.4 Å². The molecule has 1 aliphatic rings. The minimum Gasteiger partial charge on any atom is -0.409 e. The van der Waals surface area contributed by atoms with Crippen LogP contribution < -0.4 is 10.6 Å². The van der Waals surface area contributed by atoms with Crippen molar-refractivity contribution in [3.63, 3.8) is 0 Å². The van der Waals surface area contributed by atoms with Crippen molar-refractivity contribution in [1.29, 1.82) is 0 Å². The van der Waals surface area contributed by atoms with E-state index in [2.05, 4.69) is 10.1 Å². The molecule has 0 amide bonds. The zero-order valence-corrected chi connectivity index (χ0v) is 13.2. The van der Waals surface area contributed by atoms with Crippen LogP contribution in [0.2, 0.25) is 0 Å². The van der Waals surface area contributed by atoms with Gasteiger partial charge in [-0.05, 0) is 26.8 Å². The number of amidine groups is 1. The normalized spacial score (nSPS) is 22.3. The van der Waals surface area contributed by atoms with E-state index in [1.807, 2.05) is 24.8 Å². The summed E-state index contributed by atoms with van der Waals surface area (Å²) < 4.78 is 23.4. The molecule has 0 aromatic carbocycles. The Bertz CT molecular complexity index is 685. The number of pyridine rings is 1. The Balaban J connectivity index is 2.53. The molecule has 0 bridgehead atoms. The van der Waals surface area contributed by atoms with Gasteiger partial charge in [0, 0.05) is 18.3 Å². The van der Waals surface area contributed by atoms with E-state index in [1.54, 1.807) is 6.92 Å². The van der Waals surface area contributed by atoms with Crippen LogP contribution in [0.5, 0.6) is 0 Å². The predicted molar refractivity (Wildman–Crippen MR) is 81.7 cm³/mol. The van der Waals surface area contributed by atoms with Crippen LogP contribution in [0.3, 0.4) is 0 Å². The molecule has 1 aliphatic heterocycles. The van der Waals surface area contributed by atoms with Gasteiger partial charge in [-0.2, -0.15) is 0 Å². The summed E-state index contributed by atoms with van der Waals surface area (Å²) >= 11 is 0. The minimum absolute atomic E-state index is 0.0179. The Labute approximate surface area is 124 Å². The smallest absolute Gasteiger partial charge is 0.174 e. The molecule has 0 aliphatic carbocycles. The first kappa shape index (κ1) is 15.6. The molecule has 1 aromatic rings. The maximum atomic E-state index is 11.7. The Kier molecular flexibility index (Phi) is 4.08. The molecule has 1 atom stereocenters. The Morgan fingerprint density at radius 3 is 2.76 bits per heavy atom. The van der Waals surface area contributed by atoms with Gasteiger partial charge in [0.05, 0.1) is 28.5 Å². The summed E-state index contributed by atoms with van der Waals surface area (Å²) in [5, 5.41) is 12.0. The van der Waals surface area contributed by atoms with Gasteiger partial charge in [-0.15, -0.1) is 0 Å². The molecule has 1 unspecified atom stereocenters. The second kappa shape index (κ2) is 5.51. The zero-order valence-electron chi connectivity index (χ0n) is 12.4. The van der Waals surface area contributed by atoms with Crippen LogP contribution in [0.15, 0.2) is 11.2 Å². The highest BCUT2D eigenvalue weighted by molar-refractivity contribution is 7.91. The molecule has 0 radical (unpaired) electrons. The SMILES string of the molecule is Cc1cc(N2CCS(=O)(=O)CC2C)c(/C(N)=N/O)c(C)n1. The average molecular weight is 312 g/mol. The second-order valence-electron chi connectivity index (χ2n) is 5.39. The molecule has 3 N–H and O–H groups in total. The lowest BCUT2D eigenvalue weighted by molar-refractivity contribution is 0.318. The number of hydrogen-bond acceptors (Lipinski definition) is 6. The molecule has 21 heavy (non-hydrogen) atoms. The lowest BCUT2D eigenvalue weighted by Gasteiger charge is -2.36. The van der Waals surface area contributed by atoms with E-state index >= 15 is 0 Å². The van der Waals surface area contributed by atoms with Crippen LogP contribution in [0.4, 0.5) is 5.69 Å². The van der Waals surface area contributed by atoms with Crippen molar-refractivity contribution in [3.8, 4) is 0 Å². The maximum Gasteiger partial charge on any atom is 0.174 e. The molecule has 7 nitrogen and oxygen atoms in total. The lowest BCUT2D eigenvalue weighted by atomic mass is 10.1. The van der Waals surface area contributed by atoms with E-state index < -0.39 is 9.84 Å². The average Bonchev–Trinajstić information content (AvgIpc) is 2.36. The number of nitrogens with two attached hydrogens (primary N) is 1. The molecule has 1 aromatic heterocycles. The van der Waals surface area contributed by atoms with Crippen molar-refractivity contribution in [2.75, 3.05) is 23.0 Å². The van der Waals surface area contributed by atoms with E-state index in [0.717, 1.165) is 11.4 Å². The number of sulfone groups is 1. The van der Waals surface area contributed by atoms with Crippen molar-refractivity contribution in [3.05, 3.63) is 23.0 Å². The van der Waals surface area contributed by atoms with Gasteiger partial charge >= 0.3 is 0 Å². The monoisotopic (exact) mass is 312 g/mol. The number of rotatable bonds is 2. The predicted octanol–water partition coefficient (Wildman–Crippen LogP) is 0.416. The van der Waals surface area contributed by atoms with Crippen molar-refractivity contribution in [1.82, 2.24) is 4.98 Å². The molecule has 0 spiro atoms. The Morgan fingerprint density at radius 1 is 1.52 bits per heavy atom. The third-order valence-electron chi connectivity index (χ3n) is 3.65. The first-order valence-electron chi connectivity index (χ1n) is 6.68. The first-order valence-corrected chi connectivity index (χ1v) is 8.50. The Hall–Kier alpha value is -1.83. The quantitative estimate of drug-likeness (QED) is 0.354. The maximum absolute atomic E-state index is 11.7. The number of oxime groups is 1. The topological polar surface area (TPSA) is 109 Å². The van der Waals surface area contributed by atoms with E-state index in [4.69, 9.17) is 10.9 Å². The van der Waals surface area contributed by atoms with Crippen LogP contribution in [0.25, 0.3) is 0 Å². The Morgan fingerprint density at radius 2 is 2.19 bits per heavy atom. The summed E-state index contributed by atoms with van der Waals surface area (Å²) in [6, 6.07) is 1.67. The number of nitrogens with zero attached hydrogens (tertiary/aromatic N) is 3. The van der Waals surface area contributed by atoms with Crippen LogP contribution in [0.1, 0.15) is 23.9 Å². The van der Waals surface area contributed by atoms with E-state index in [1.165, 1.54) is 0 Å². The zero-order chi connectivity index (χ0) is 15.8. The molecular weight excluding hydrogens is 292 g/mol. The van der Waals surface area contributed by atoms with Gasteiger partial charge < -0.3 is 15.8 Å². The third-order valence-corrected chi connectivity index (χ3v) is 5.45. The second-order valence-corrected chi connectivity index (χ2v) is 7.61. The van der Waals surface area contributed by atoms with Crippen molar-refractivity contribution in [2.24, 2.45) is 10.9 Å². The summed E-state index contributed by atoms with van der Waals surface area (Å²) in [7, 11) is -3.00. The summed E-state index contributed by atoms with van der Waals surface area (Å²) in [4.78, 5) is 6.32. The molecule has 2 rings (SSSR count). The molecule has 1 fully saturated rings. The third kappa shape index (κ3) is 3.10. The van der Waals surface area contributed by atoms with E-state index in [9.17, 15) is 8.42 Å². The van der Waals surface area contributed by atoms with Crippen LogP contribution in [-0.4, -0.2) is 48.5 Å². The summed E-state index contributed by atoms with van der Waals surface area (Å²) in [5.74, 6) is 0.187. The highest BCUT2D eigenvalue weighted by Gasteiger charge is 2.30. The lowest BCUT2D eigenvalue weighted by Crippen LogP contribution is -2.47. The van der Waals surface area contributed by atoms with Crippen molar-refractivity contribution >= 4 is 21.4 Å². The van der Waals surface area contributed by atoms with Gasteiger partial charge in [-0.25, -0.2) is 8.42 Å². The fraction of sp³-hybridized carbons (Fsp3) is 0.538. The molecule has 0 saturated carbocycles. The van der Waals surface area contributed by atoms with Gasteiger partial charge in [-0.3, -0.25) is 4.98 Å². The standard InChI is InChI=1S/C13H20N4O3S/c1-8-6-11(12(10(3)15-8)13(14)16-18)17-4-5-21(19,20)7-9(17)2/h6,9,18H,4-5,7H2,1-3H3,(H2,14,16). The van der Waals surface area contributed by atoms with Gasteiger partial charge in [0.2, 0.25) is 0 Å². The van der Waals surface area contributed by atoms with E-state index in [0.29, 0.717) is 17.8 Å². The van der Waals surface area contributed by atoms with Gasteiger partial charge in [0.15, 0.2) is 15.7 Å².